The van der Waals surface area contributed by atoms with Crippen LogP contribution in [-0.2, 0) is 25.7 Å². The van der Waals surface area contributed by atoms with Crippen molar-refractivity contribution in [2.75, 3.05) is 7.11 Å². The van der Waals surface area contributed by atoms with E-state index in [4.69, 9.17) is 0 Å². The van der Waals surface area contributed by atoms with Gasteiger partial charge >= 0.3 is 11.9 Å². The topological polar surface area (TPSA) is 83.9 Å². The number of carbonyl (C=O) groups excluding carboxylic acids is 2. The Bertz CT molecular complexity index is 587. The number of unbranched alkanes of at least 4 members (excludes halogenated alkanes) is 1. The van der Waals surface area contributed by atoms with E-state index in [9.17, 15) is 19.5 Å². The number of carboxylic acid groups (broad SMARTS) is 1. The van der Waals surface area contributed by atoms with E-state index in [1.807, 2.05) is 37.3 Å². The SMILES string of the molecule is CCCCC(=O)N(Cc1ccccc1)[C@@H](CC(C)CC(=O)OC)C(=O)O. The van der Waals surface area contributed by atoms with Crippen molar-refractivity contribution in [3.8, 4) is 0 Å². The highest BCUT2D eigenvalue weighted by molar-refractivity contribution is 5.83. The molecule has 1 N–H and O–H groups in total. The molecule has 0 saturated carbocycles. The van der Waals surface area contributed by atoms with Gasteiger partial charge in [0.2, 0.25) is 5.91 Å². The maximum Gasteiger partial charge on any atom is 0.326 e. The summed E-state index contributed by atoms with van der Waals surface area (Å²) in [5, 5.41) is 9.73. The fourth-order valence-corrected chi connectivity index (χ4v) is 2.82. The molecule has 0 saturated heterocycles. The van der Waals surface area contributed by atoms with Crippen LogP contribution in [0.15, 0.2) is 30.3 Å². The number of nitrogens with zero attached hydrogens (tertiary/aromatic N) is 1. The average Bonchev–Trinajstić information content (AvgIpc) is 2.63. The molecule has 0 radical (unpaired) electrons. The zero-order chi connectivity index (χ0) is 19.5. The minimum absolute atomic E-state index is 0.128. The minimum atomic E-state index is -1.05. The first-order valence-corrected chi connectivity index (χ1v) is 9.02. The molecule has 0 heterocycles. The highest BCUT2D eigenvalue weighted by Gasteiger charge is 2.31. The molecule has 1 aromatic rings. The molecule has 0 fully saturated rings. The first-order valence-electron chi connectivity index (χ1n) is 9.02. The number of ether oxygens (including phenoxy) is 1. The molecule has 0 bridgehead atoms. The van der Waals surface area contributed by atoms with E-state index >= 15 is 0 Å². The maximum absolute atomic E-state index is 12.7. The van der Waals surface area contributed by atoms with Crippen LogP contribution < -0.4 is 0 Å². The summed E-state index contributed by atoms with van der Waals surface area (Å²) in [4.78, 5) is 37.5. The molecule has 0 aliphatic rings. The van der Waals surface area contributed by atoms with Gasteiger partial charge in [0.1, 0.15) is 6.04 Å². The number of benzene rings is 1. The highest BCUT2D eigenvalue weighted by Crippen LogP contribution is 2.20. The van der Waals surface area contributed by atoms with Crippen LogP contribution in [0.25, 0.3) is 0 Å². The highest BCUT2D eigenvalue weighted by atomic mass is 16.5. The van der Waals surface area contributed by atoms with Crippen LogP contribution in [-0.4, -0.2) is 41.0 Å². The van der Waals surface area contributed by atoms with Crippen LogP contribution in [0.5, 0.6) is 0 Å². The van der Waals surface area contributed by atoms with Crippen molar-refractivity contribution in [2.24, 2.45) is 5.92 Å². The Balaban J connectivity index is 2.98. The molecular weight excluding hydrogens is 334 g/mol. The Morgan fingerprint density at radius 1 is 1.19 bits per heavy atom. The Hall–Kier alpha value is -2.37. The Labute approximate surface area is 155 Å². The lowest BCUT2D eigenvalue weighted by atomic mass is 9.96. The van der Waals surface area contributed by atoms with Gasteiger partial charge in [0.25, 0.3) is 0 Å². The van der Waals surface area contributed by atoms with Gasteiger partial charge in [0.05, 0.1) is 7.11 Å². The monoisotopic (exact) mass is 363 g/mol. The summed E-state index contributed by atoms with van der Waals surface area (Å²) in [6.45, 7) is 4.03. The average molecular weight is 363 g/mol. The summed E-state index contributed by atoms with van der Waals surface area (Å²) in [7, 11) is 1.31. The molecule has 1 rings (SSSR count). The predicted molar refractivity (Wildman–Crippen MR) is 98.4 cm³/mol. The van der Waals surface area contributed by atoms with Gasteiger partial charge in [0, 0.05) is 19.4 Å². The lowest BCUT2D eigenvalue weighted by Gasteiger charge is -2.31. The molecule has 26 heavy (non-hydrogen) atoms. The molecule has 144 valence electrons. The largest absolute Gasteiger partial charge is 0.480 e. The van der Waals surface area contributed by atoms with Gasteiger partial charge in [0.15, 0.2) is 0 Å². The van der Waals surface area contributed by atoms with Crippen molar-refractivity contribution in [1.29, 1.82) is 0 Å². The third-order valence-electron chi connectivity index (χ3n) is 4.29. The number of hydrogen-bond donors (Lipinski definition) is 1. The van der Waals surface area contributed by atoms with Crippen LogP contribution in [0.1, 0.15) is 51.5 Å². The predicted octanol–water partition coefficient (Wildman–Crippen LogP) is 3.25. The van der Waals surface area contributed by atoms with E-state index in [2.05, 4.69) is 4.74 Å². The van der Waals surface area contributed by atoms with Crippen LogP contribution in [0.2, 0.25) is 0 Å². The van der Waals surface area contributed by atoms with Gasteiger partial charge in [-0.3, -0.25) is 9.59 Å². The van der Waals surface area contributed by atoms with Crippen molar-refractivity contribution >= 4 is 17.8 Å². The zero-order valence-corrected chi connectivity index (χ0v) is 15.8. The lowest BCUT2D eigenvalue weighted by Crippen LogP contribution is -2.45. The molecular formula is C20H29NO5. The minimum Gasteiger partial charge on any atom is -0.480 e. The first-order chi connectivity index (χ1) is 12.4. The Kier molecular flexibility index (Phi) is 9.41. The Morgan fingerprint density at radius 3 is 2.38 bits per heavy atom. The molecule has 0 spiro atoms. The number of carbonyl (C=O) groups is 3. The molecule has 6 heteroatoms. The van der Waals surface area contributed by atoms with Crippen LogP contribution in [0.4, 0.5) is 0 Å². The quantitative estimate of drug-likeness (QED) is 0.610. The van der Waals surface area contributed by atoms with E-state index in [0.29, 0.717) is 12.8 Å². The van der Waals surface area contributed by atoms with Crippen molar-refractivity contribution < 1.29 is 24.2 Å². The molecule has 6 nitrogen and oxygen atoms in total. The number of esters is 1. The summed E-state index contributed by atoms with van der Waals surface area (Å²) < 4.78 is 4.65. The smallest absolute Gasteiger partial charge is 0.326 e. The number of methoxy groups -OCH3 is 1. The molecule has 1 unspecified atom stereocenters. The third kappa shape index (κ3) is 7.25. The van der Waals surface area contributed by atoms with E-state index in [1.165, 1.54) is 12.0 Å². The van der Waals surface area contributed by atoms with Crippen molar-refractivity contribution in [1.82, 2.24) is 4.90 Å². The molecule has 0 aliphatic carbocycles. The summed E-state index contributed by atoms with van der Waals surface area (Å²) >= 11 is 0. The second kappa shape index (κ2) is 11.3. The lowest BCUT2D eigenvalue weighted by molar-refractivity contribution is -0.152. The van der Waals surface area contributed by atoms with Crippen molar-refractivity contribution in [3.05, 3.63) is 35.9 Å². The fourth-order valence-electron chi connectivity index (χ4n) is 2.82. The standard InChI is InChI=1S/C20H29NO5/c1-4-5-11-18(22)21(14-16-9-7-6-8-10-16)17(20(24)25)12-15(2)13-19(23)26-3/h6-10,15,17H,4-5,11-14H2,1-3H3,(H,24,25)/t15?,17-/m0/s1. The van der Waals surface area contributed by atoms with Gasteiger partial charge < -0.3 is 14.7 Å². The van der Waals surface area contributed by atoms with Crippen LogP contribution in [0.3, 0.4) is 0 Å². The third-order valence-corrected chi connectivity index (χ3v) is 4.29. The van der Waals surface area contributed by atoms with Gasteiger partial charge in [-0.05, 0) is 24.3 Å². The van der Waals surface area contributed by atoms with Gasteiger partial charge in [-0.25, -0.2) is 4.79 Å². The molecule has 0 aromatic heterocycles. The van der Waals surface area contributed by atoms with E-state index < -0.39 is 12.0 Å². The van der Waals surface area contributed by atoms with Crippen LogP contribution >= 0.6 is 0 Å². The fraction of sp³-hybridized carbons (Fsp3) is 0.550. The number of rotatable bonds is 11. The summed E-state index contributed by atoms with van der Waals surface area (Å²) in [6, 6.07) is 8.37. The van der Waals surface area contributed by atoms with Crippen molar-refractivity contribution in [3.63, 3.8) is 0 Å². The van der Waals surface area contributed by atoms with E-state index in [0.717, 1.165) is 12.0 Å². The molecule has 1 aromatic carbocycles. The molecule has 0 aliphatic heterocycles. The second-order valence-electron chi connectivity index (χ2n) is 6.59. The molecule has 1 amide bonds. The number of hydrogen-bond acceptors (Lipinski definition) is 4. The van der Waals surface area contributed by atoms with Crippen molar-refractivity contribution in [2.45, 2.75) is 58.5 Å². The van der Waals surface area contributed by atoms with E-state index in [-0.39, 0.29) is 37.2 Å². The van der Waals surface area contributed by atoms with Gasteiger partial charge in [-0.1, -0.05) is 50.6 Å². The van der Waals surface area contributed by atoms with Gasteiger partial charge in [-0.15, -0.1) is 0 Å². The summed E-state index contributed by atoms with van der Waals surface area (Å²) in [6.07, 6.45) is 2.23. The number of carboxylic acids is 1. The zero-order valence-electron chi connectivity index (χ0n) is 15.8. The maximum atomic E-state index is 12.7. The summed E-state index contributed by atoms with van der Waals surface area (Å²) in [5.41, 5.74) is 0.879. The molecule has 2 atom stereocenters. The van der Waals surface area contributed by atoms with Gasteiger partial charge in [-0.2, -0.15) is 0 Å². The van der Waals surface area contributed by atoms with Crippen LogP contribution in [0, 0.1) is 5.92 Å². The number of amides is 1. The first kappa shape index (κ1) is 21.7. The van der Waals surface area contributed by atoms with E-state index in [1.54, 1.807) is 6.92 Å². The Morgan fingerprint density at radius 2 is 1.85 bits per heavy atom. The summed E-state index contributed by atoms with van der Waals surface area (Å²) in [5.74, 6) is -1.81. The normalized spacial score (nSPS) is 12.9. The number of aliphatic carboxylic acids is 1. The second-order valence-corrected chi connectivity index (χ2v) is 6.59.